The van der Waals surface area contributed by atoms with E-state index in [0.29, 0.717) is 18.3 Å². The smallest absolute Gasteiger partial charge is 0.384 e. The van der Waals surface area contributed by atoms with Crippen LogP contribution in [0.1, 0.15) is 37.7 Å². The van der Waals surface area contributed by atoms with E-state index in [2.05, 4.69) is 17.3 Å². The van der Waals surface area contributed by atoms with Gasteiger partial charge in [-0.2, -0.15) is 13.2 Å². The lowest BCUT2D eigenvalue weighted by molar-refractivity contribution is -0.137. The van der Waals surface area contributed by atoms with Crippen LogP contribution in [0.2, 0.25) is 0 Å². The van der Waals surface area contributed by atoms with Crippen LogP contribution < -0.4 is 5.32 Å². The van der Waals surface area contributed by atoms with Crippen molar-refractivity contribution in [2.45, 2.75) is 44.3 Å². The third kappa shape index (κ3) is 4.92. The number of benzene rings is 1. The molecule has 0 bridgehead atoms. The molecule has 0 heterocycles. The van der Waals surface area contributed by atoms with Crippen LogP contribution in [-0.4, -0.2) is 31.1 Å². The first-order valence-corrected chi connectivity index (χ1v) is 7.58. The molecular formula is C16H23F3N2. The molecule has 1 saturated carbocycles. The average molecular weight is 300 g/mol. The van der Waals surface area contributed by atoms with E-state index in [9.17, 15) is 13.2 Å². The molecule has 0 atom stereocenters. The highest BCUT2D eigenvalue weighted by Gasteiger charge is 2.30. The number of hydrogen-bond acceptors (Lipinski definition) is 2. The minimum Gasteiger partial charge on any atom is -0.384 e. The molecule has 0 spiro atoms. The number of nitrogens with zero attached hydrogens (tertiary/aromatic N) is 1. The van der Waals surface area contributed by atoms with Gasteiger partial charge in [0.15, 0.2) is 0 Å². The third-order valence-corrected chi connectivity index (χ3v) is 4.18. The van der Waals surface area contributed by atoms with Crippen molar-refractivity contribution in [1.29, 1.82) is 0 Å². The van der Waals surface area contributed by atoms with Gasteiger partial charge in [0.25, 0.3) is 0 Å². The van der Waals surface area contributed by atoms with Crippen LogP contribution in [0.5, 0.6) is 0 Å². The number of halogens is 3. The molecule has 0 aliphatic heterocycles. The number of anilines is 1. The molecule has 5 heteroatoms. The van der Waals surface area contributed by atoms with Gasteiger partial charge in [-0.3, -0.25) is 0 Å². The highest BCUT2D eigenvalue weighted by Crippen LogP contribution is 2.30. The first-order valence-electron chi connectivity index (χ1n) is 7.58. The molecule has 1 aromatic rings. The van der Waals surface area contributed by atoms with Crippen LogP contribution in [0.3, 0.4) is 0 Å². The normalized spacial score (nSPS) is 17.2. The maximum Gasteiger partial charge on any atom is 0.416 e. The van der Waals surface area contributed by atoms with E-state index >= 15 is 0 Å². The molecule has 1 N–H and O–H groups in total. The summed E-state index contributed by atoms with van der Waals surface area (Å²) in [5.74, 6) is 0. The molecule has 0 amide bonds. The first-order chi connectivity index (χ1) is 9.97. The largest absolute Gasteiger partial charge is 0.416 e. The number of alkyl halides is 3. The lowest BCUT2D eigenvalue weighted by Gasteiger charge is -2.31. The van der Waals surface area contributed by atoms with E-state index in [0.717, 1.165) is 12.6 Å². The van der Waals surface area contributed by atoms with Gasteiger partial charge < -0.3 is 10.2 Å². The molecule has 1 fully saturated rings. The van der Waals surface area contributed by atoms with Crippen LogP contribution >= 0.6 is 0 Å². The Labute approximate surface area is 124 Å². The molecule has 2 nitrogen and oxygen atoms in total. The molecule has 0 saturated heterocycles. The quantitative estimate of drug-likeness (QED) is 0.868. The monoisotopic (exact) mass is 300 g/mol. The van der Waals surface area contributed by atoms with Gasteiger partial charge in [-0.25, -0.2) is 0 Å². The standard InChI is InChI=1S/C16H23F3N2/c1-21(15-8-3-2-4-9-15)11-10-20-14-7-5-6-13(12-14)16(17,18)19/h5-7,12,15,20H,2-4,8-11H2,1H3. The predicted octanol–water partition coefficient (Wildman–Crippen LogP) is 4.38. The number of likely N-dealkylation sites (N-methyl/N-ethyl adjacent to an activating group) is 1. The molecule has 2 rings (SSSR count). The Bertz CT molecular complexity index is 439. The SMILES string of the molecule is CN(CCNc1cccc(C(F)(F)F)c1)C1CCCCC1. The van der Waals surface area contributed by atoms with Crippen molar-refractivity contribution in [3.05, 3.63) is 29.8 Å². The van der Waals surface area contributed by atoms with Crippen molar-refractivity contribution in [1.82, 2.24) is 4.90 Å². The first kappa shape index (κ1) is 16.1. The Balaban J connectivity index is 1.80. The van der Waals surface area contributed by atoms with E-state index in [1.807, 2.05) is 0 Å². The molecule has 1 aliphatic rings. The molecule has 1 aliphatic carbocycles. The zero-order valence-electron chi connectivity index (χ0n) is 12.4. The Morgan fingerprint density at radius 1 is 1.19 bits per heavy atom. The fraction of sp³-hybridized carbons (Fsp3) is 0.625. The van der Waals surface area contributed by atoms with Gasteiger partial charge in [-0.15, -0.1) is 0 Å². The maximum absolute atomic E-state index is 12.6. The topological polar surface area (TPSA) is 15.3 Å². The number of nitrogens with one attached hydrogen (secondary N) is 1. The molecule has 21 heavy (non-hydrogen) atoms. The van der Waals surface area contributed by atoms with E-state index in [1.165, 1.54) is 44.2 Å². The molecular weight excluding hydrogens is 277 g/mol. The van der Waals surface area contributed by atoms with Gasteiger partial charge in [-0.1, -0.05) is 25.3 Å². The zero-order chi connectivity index (χ0) is 15.3. The van der Waals surface area contributed by atoms with Gasteiger partial charge in [0.05, 0.1) is 5.56 Å². The summed E-state index contributed by atoms with van der Waals surface area (Å²) in [7, 11) is 2.10. The summed E-state index contributed by atoms with van der Waals surface area (Å²) in [5, 5.41) is 3.09. The second kappa shape index (κ2) is 7.16. The van der Waals surface area contributed by atoms with E-state index in [1.54, 1.807) is 6.07 Å². The summed E-state index contributed by atoms with van der Waals surface area (Å²) in [6.45, 7) is 1.51. The summed E-state index contributed by atoms with van der Waals surface area (Å²) in [5.41, 5.74) is -0.0741. The summed E-state index contributed by atoms with van der Waals surface area (Å²) in [6.07, 6.45) is 2.09. The van der Waals surface area contributed by atoms with E-state index in [4.69, 9.17) is 0 Å². The van der Waals surface area contributed by atoms with E-state index in [-0.39, 0.29) is 0 Å². The second-order valence-corrected chi connectivity index (χ2v) is 5.78. The van der Waals surface area contributed by atoms with Crippen molar-refractivity contribution in [3.8, 4) is 0 Å². The third-order valence-electron chi connectivity index (χ3n) is 4.18. The van der Waals surface area contributed by atoms with Gasteiger partial charge >= 0.3 is 6.18 Å². The Morgan fingerprint density at radius 2 is 1.90 bits per heavy atom. The highest BCUT2D eigenvalue weighted by atomic mass is 19.4. The lowest BCUT2D eigenvalue weighted by Crippen LogP contribution is -2.36. The van der Waals surface area contributed by atoms with Gasteiger partial charge in [0.1, 0.15) is 0 Å². The fourth-order valence-corrected chi connectivity index (χ4v) is 2.89. The zero-order valence-corrected chi connectivity index (χ0v) is 12.4. The number of hydrogen-bond donors (Lipinski definition) is 1. The van der Waals surface area contributed by atoms with Crippen molar-refractivity contribution in [2.24, 2.45) is 0 Å². The van der Waals surface area contributed by atoms with Crippen molar-refractivity contribution < 1.29 is 13.2 Å². The molecule has 0 unspecified atom stereocenters. The van der Waals surface area contributed by atoms with Crippen LogP contribution in [0.25, 0.3) is 0 Å². The predicted molar refractivity (Wildman–Crippen MR) is 79.4 cm³/mol. The summed E-state index contributed by atoms with van der Waals surface area (Å²) in [6, 6.07) is 6.01. The Morgan fingerprint density at radius 3 is 2.57 bits per heavy atom. The molecule has 0 aromatic heterocycles. The summed E-state index contributed by atoms with van der Waals surface area (Å²) >= 11 is 0. The highest BCUT2D eigenvalue weighted by molar-refractivity contribution is 5.46. The van der Waals surface area contributed by atoms with Crippen LogP contribution in [-0.2, 0) is 6.18 Å². The van der Waals surface area contributed by atoms with Gasteiger partial charge in [-0.05, 0) is 38.1 Å². The van der Waals surface area contributed by atoms with Crippen molar-refractivity contribution in [3.63, 3.8) is 0 Å². The maximum atomic E-state index is 12.6. The molecule has 1 aromatic carbocycles. The Kier molecular flexibility index (Phi) is 5.51. The lowest BCUT2D eigenvalue weighted by atomic mass is 9.94. The average Bonchev–Trinajstić information content (AvgIpc) is 2.47. The second-order valence-electron chi connectivity index (χ2n) is 5.78. The van der Waals surface area contributed by atoms with Crippen molar-refractivity contribution >= 4 is 5.69 Å². The van der Waals surface area contributed by atoms with Gasteiger partial charge in [0.2, 0.25) is 0 Å². The van der Waals surface area contributed by atoms with E-state index < -0.39 is 11.7 Å². The minimum atomic E-state index is -4.28. The van der Waals surface area contributed by atoms with Crippen molar-refractivity contribution in [2.75, 3.05) is 25.5 Å². The number of rotatable bonds is 5. The van der Waals surface area contributed by atoms with Crippen LogP contribution in [0.4, 0.5) is 18.9 Å². The minimum absolute atomic E-state index is 0.530. The fourth-order valence-electron chi connectivity index (χ4n) is 2.89. The Hall–Kier alpha value is -1.23. The van der Waals surface area contributed by atoms with Crippen LogP contribution in [0, 0.1) is 0 Å². The van der Waals surface area contributed by atoms with Gasteiger partial charge in [0, 0.05) is 24.8 Å². The summed E-state index contributed by atoms with van der Waals surface area (Å²) in [4.78, 5) is 2.32. The molecule has 118 valence electrons. The summed E-state index contributed by atoms with van der Waals surface area (Å²) < 4.78 is 37.9. The molecule has 0 radical (unpaired) electrons. The van der Waals surface area contributed by atoms with Crippen LogP contribution in [0.15, 0.2) is 24.3 Å².